The van der Waals surface area contributed by atoms with Crippen molar-refractivity contribution in [2.24, 2.45) is 0 Å². The summed E-state index contributed by atoms with van der Waals surface area (Å²) in [5.41, 5.74) is 1.08. The lowest BCUT2D eigenvalue weighted by atomic mass is 10.3. The summed E-state index contributed by atoms with van der Waals surface area (Å²) in [5.74, 6) is -0.343. The fourth-order valence-electron chi connectivity index (χ4n) is 3.41. The van der Waals surface area contributed by atoms with Crippen LogP contribution in [0, 0.1) is 5.82 Å². The van der Waals surface area contributed by atoms with Crippen molar-refractivity contribution >= 4 is 39.2 Å². The van der Waals surface area contributed by atoms with Crippen LogP contribution in [0.2, 0.25) is 5.02 Å². The third kappa shape index (κ3) is 3.96. The average molecular weight is 458 g/mol. The SMILES string of the molecule is COCC1(S(=O)(=O)Nc2cc3n(n2)CCN(C(=O)Nc2ccc(F)c(Cl)c2)C3)CC1. The minimum Gasteiger partial charge on any atom is -0.383 e. The summed E-state index contributed by atoms with van der Waals surface area (Å²) in [6.07, 6.45) is 1.09. The van der Waals surface area contributed by atoms with Gasteiger partial charge in [-0.2, -0.15) is 5.10 Å². The van der Waals surface area contributed by atoms with Gasteiger partial charge in [0.05, 0.1) is 30.4 Å². The number of methoxy groups -OCH3 is 1. The zero-order valence-corrected chi connectivity index (χ0v) is 17.8. The van der Waals surface area contributed by atoms with E-state index in [-0.39, 0.29) is 30.0 Å². The molecule has 0 saturated heterocycles. The number of rotatable bonds is 6. The van der Waals surface area contributed by atoms with Gasteiger partial charge in [0.2, 0.25) is 10.0 Å². The Morgan fingerprint density at radius 1 is 1.33 bits per heavy atom. The topological polar surface area (TPSA) is 106 Å². The number of halogens is 2. The first-order valence-electron chi connectivity index (χ1n) is 9.32. The minimum absolute atomic E-state index is 0.0802. The quantitative estimate of drug-likeness (QED) is 0.693. The van der Waals surface area contributed by atoms with Crippen LogP contribution < -0.4 is 10.0 Å². The number of urea groups is 1. The molecule has 2 amide bonds. The first kappa shape index (κ1) is 20.9. The highest BCUT2D eigenvalue weighted by Gasteiger charge is 2.55. The fraction of sp³-hybridized carbons (Fsp3) is 0.444. The van der Waals surface area contributed by atoms with E-state index in [0.29, 0.717) is 37.3 Å². The first-order chi connectivity index (χ1) is 14.2. The summed E-state index contributed by atoms with van der Waals surface area (Å²) in [6.45, 7) is 1.18. The molecule has 2 aromatic rings. The maximum absolute atomic E-state index is 13.3. The number of amides is 2. The second-order valence-corrected chi connectivity index (χ2v) is 9.93. The number of sulfonamides is 1. The fourth-order valence-corrected chi connectivity index (χ4v) is 5.09. The van der Waals surface area contributed by atoms with E-state index in [1.807, 2.05) is 0 Å². The van der Waals surface area contributed by atoms with Crippen LogP contribution >= 0.6 is 11.6 Å². The van der Waals surface area contributed by atoms with E-state index >= 15 is 0 Å². The third-order valence-corrected chi connectivity index (χ3v) is 7.71. The van der Waals surface area contributed by atoms with E-state index in [0.717, 1.165) is 0 Å². The number of nitrogens with one attached hydrogen (secondary N) is 2. The van der Waals surface area contributed by atoms with Gasteiger partial charge in [0.25, 0.3) is 0 Å². The van der Waals surface area contributed by atoms with Gasteiger partial charge in [0, 0.05) is 25.4 Å². The molecule has 9 nitrogen and oxygen atoms in total. The molecule has 0 spiro atoms. The highest BCUT2D eigenvalue weighted by Crippen LogP contribution is 2.44. The number of benzene rings is 1. The van der Waals surface area contributed by atoms with E-state index in [1.54, 1.807) is 15.6 Å². The van der Waals surface area contributed by atoms with Gasteiger partial charge in [-0.1, -0.05) is 11.6 Å². The van der Waals surface area contributed by atoms with Gasteiger partial charge in [-0.05, 0) is 31.0 Å². The molecule has 1 aliphatic heterocycles. The zero-order chi connectivity index (χ0) is 21.5. The molecular weight excluding hydrogens is 437 g/mol. The molecule has 1 aromatic heterocycles. The predicted octanol–water partition coefficient (Wildman–Crippen LogP) is 2.64. The Morgan fingerprint density at radius 3 is 2.77 bits per heavy atom. The van der Waals surface area contributed by atoms with Crippen LogP contribution in [0.3, 0.4) is 0 Å². The van der Waals surface area contributed by atoms with Crippen LogP contribution in [0.1, 0.15) is 18.5 Å². The second-order valence-electron chi connectivity index (χ2n) is 7.45. The molecule has 0 bridgehead atoms. The van der Waals surface area contributed by atoms with Crippen molar-refractivity contribution < 1.29 is 22.3 Å². The van der Waals surface area contributed by atoms with Crippen LogP contribution in [0.4, 0.5) is 20.7 Å². The molecule has 30 heavy (non-hydrogen) atoms. The average Bonchev–Trinajstić information content (AvgIpc) is 3.38. The van der Waals surface area contributed by atoms with Gasteiger partial charge in [-0.25, -0.2) is 17.6 Å². The summed E-state index contributed by atoms with van der Waals surface area (Å²) in [4.78, 5) is 14.1. The van der Waals surface area contributed by atoms with Gasteiger partial charge >= 0.3 is 6.03 Å². The maximum Gasteiger partial charge on any atom is 0.322 e. The van der Waals surface area contributed by atoms with E-state index in [2.05, 4.69) is 15.1 Å². The molecule has 0 unspecified atom stereocenters. The molecule has 2 aliphatic rings. The zero-order valence-electron chi connectivity index (χ0n) is 16.2. The number of hydrogen-bond acceptors (Lipinski definition) is 5. The predicted molar refractivity (Wildman–Crippen MR) is 109 cm³/mol. The smallest absolute Gasteiger partial charge is 0.322 e. The highest BCUT2D eigenvalue weighted by molar-refractivity contribution is 7.94. The number of carbonyl (C=O) groups is 1. The van der Waals surface area contributed by atoms with Gasteiger partial charge in [0.15, 0.2) is 5.82 Å². The molecule has 4 rings (SSSR count). The lowest BCUT2D eigenvalue weighted by Crippen LogP contribution is -2.40. The number of ether oxygens (including phenoxy) is 1. The van der Waals surface area contributed by atoms with E-state index in [1.165, 1.54) is 25.3 Å². The Hall–Kier alpha value is -2.37. The van der Waals surface area contributed by atoms with Crippen molar-refractivity contribution in [3.05, 3.63) is 40.8 Å². The molecule has 1 fully saturated rings. The molecule has 0 radical (unpaired) electrons. The third-order valence-electron chi connectivity index (χ3n) is 5.28. The Labute approximate surface area is 178 Å². The molecule has 0 atom stereocenters. The van der Waals surface area contributed by atoms with Crippen molar-refractivity contribution in [2.45, 2.75) is 30.7 Å². The van der Waals surface area contributed by atoms with Crippen LogP contribution in [-0.2, 0) is 27.8 Å². The Bertz CT molecular complexity index is 1090. The molecule has 12 heteroatoms. The molecule has 2 heterocycles. The first-order valence-corrected chi connectivity index (χ1v) is 11.2. The number of nitrogens with zero attached hydrogens (tertiary/aromatic N) is 3. The Balaban J connectivity index is 1.43. The minimum atomic E-state index is -3.63. The number of anilines is 2. The number of carbonyl (C=O) groups excluding carboxylic acids is 1. The Kier molecular flexibility index (Phi) is 5.37. The molecule has 1 aliphatic carbocycles. The van der Waals surface area contributed by atoms with Crippen LogP contribution in [0.15, 0.2) is 24.3 Å². The van der Waals surface area contributed by atoms with Crippen molar-refractivity contribution in [2.75, 3.05) is 30.3 Å². The van der Waals surface area contributed by atoms with Crippen LogP contribution in [-0.4, -0.2) is 54.1 Å². The monoisotopic (exact) mass is 457 g/mol. The standard InChI is InChI=1S/C18H21ClFN5O4S/c1-29-11-18(4-5-18)30(27,28)23-16-9-13-10-24(6-7-25(13)22-16)17(26)21-12-2-3-15(20)14(19)8-12/h2-3,8-9H,4-7,10-11H2,1H3,(H,21,26)(H,22,23). The largest absolute Gasteiger partial charge is 0.383 e. The maximum atomic E-state index is 13.3. The van der Waals surface area contributed by atoms with Crippen molar-refractivity contribution in [1.82, 2.24) is 14.7 Å². The van der Waals surface area contributed by atoms with Crippen LogP contribution in [0.5, 0.6) is 0 Å². The summed E-state index contributed by atoms with van der Waals surface area (Å²) in [5, 5.41) is 6.90. The molecule has 1 saturated carbocycles. The summed E-state index contributed by atoms with van der Waals surface area (Å²) < 4.78 is 47.0. The molecule has 1 aromatic carbocycles. The summed E-state index contributed by atoms with van der Waals surface area (Å²) >= 11 is 5.75. The van der Waals surface area contributed by atoms with Crippen molar-refractivity contribution in [3.63, 3.8) is 0 Å². The Morgan fingerprint density at radius 2 is 2.10 bits per heavy atom. The normalized spacial score (nSPS) is 17.4. The van der Waals surface area contributed by atoms with E-state index in [9.17, 15) is 17.6 Å². The number of fused-ring (bicyclic) bond motifs is 1. The highest BCUT2D eigenvalue weighted by atomic mass is 35.5. The van der Waals surface area contributed by atoms with Gasteiger partial charge in [-0.15, -0.1) is 0 Å². The molecule has 162 valence electrons. The lowest BCUT2D eigenvalue weighted by Gasteiger charge is -2.27. The summed E-state index contributed by atoms with van der Waals surface area (Å²) in [6, 6.07) is 5.19. The van der Waals surface area contributed by atoms with E-state index < -0.39 is 20.6 Å². The number of aromatic nitrogens is 2. The van der Waals surface area contributed by atoms with Gasteiger partial charge < -0.3 is 15.0 Å². The summed E-state index contributed by atoms with van der Waals surface area (Å²) in [7, 11) is -2.15. The molecular formula is C18H21ClFN5O4S. The number of hydrogen-bond donors (Lipinski definition) is 2. The van der Waals surface area contributed by atoms with Crippen molar-refractivity contribution in [1.29, 1.82) is 0 Å². The van der Waals surface area contributed by atoms with E-state index in [4.69, 9.17) is 16.3 Å². The van der Waals surface area contributed by atoms with Crippen LogP contribution in [0.25, 0.3) is 0 Å². The molecule has 2 N–H and O–H groups in total. The van der Waals surface area contributed by atoms with Gasteiger partial charge in [-0.3, -0.25) is 9.40 Å². The van der Waals surface area contributed by atoms with Crippen molar-refractivity contribution in [3.8, 4) is 0 Å². The lowest BCUT2D eigenvalue weighted by molar-refractivity contribution is 0.192. The second kappa shape index (κ2) is 7.71. The van der Waals surface area contributed by atoms with Gasteiger partial charge in [0.1, 0.15) is 10.6 Å².